The van der Waals surface area contributed by atoms with Crippen molar-refractivity contribution in [2.24, 2.45) is 0 Å². The summed E-state index contributed by atoms with van der Waals surface area (Å²) in [6, 6.07) is 3.11. The van der Waals surface area contributed by atoms with Crippen LogP contribution in [0.15, 0.2) is 21.7 Å². The van der Waals surface area contributed by atoms with E-state index in [0.29, 0.717) is 22.4 Å². The van der Waals surface area contributed by atoms with Crippen molar-refractivity contribution < 1.29 is 14.3 Å². The van der Waals surface area contributed by atoms with Crippen LogP contribution in [-0.2, 0) is 11.3 Å². The van der Waals surface area contributed by atoms with Gasteiger partial charge in [-0.3, -0.25) is 14.2 Å². The summed E-state index contributed by atoms with van der Waals surface area (Å²) in [6.07, 6.45) is 0.857. The lowest BCUT2D eigenvalue weighted by Crippen LogP contribution is -2.38. The Hall–Kier alpha value is -2.77. The molecule has 2 rings (SSSR count). The van der Waals surface area contributed by atoms with Crippen molar-refractivity contribution in [1.82, 2.24) is 14.9 Å². The van der Waals surface area contributed by atoms with Gasteiger partial charge >= 0.3 is 5.69 Å². The zero-order valence-electron chi connectivity index (χ0n) is 14.8. The topological polar surface area (TPSA) is 102 Å². The monoisotopic (exact) mass is 349 g/mol. The lowest BCUT2D eigenvalue weighted by Gasteiger charge is -2.12. The summed E-state index contributed by atoms with van der Waals surface area (Å²) in [7, 11) is 2.94. The van der Waals surface area contributed by atoms with Crippen molar-refractivity contribution in [3.63, 3.8) is 0 Å². The Bertz CT molecular complexity index is 884. The third-order valence-electron chi connectivity index (χ3n) is 4.07. The molecule has 1 aromatic heterocycles. The average molecular weight is 349 g/mol. The minimum Gasteiger partial charge on any atom is -0.493 e. The van der Waals surface area contributed by atoms with Crippen molar-refractivity contribution in [3.8, 4) is 11.5 Å². The Morgan fingerprint density at radius 2 is 1.88 bits per heavy atom. The van der Waals surface area contributed by atoms with Crippen molar-refractivity contribution in [2.45, 2.75) is 39.3 Å². The molecule has 1 heterocycles. The van der Waals surface area contributed by atoms with Crippen LogP contribution in [0.3, 0.4) is 0 Å². The van der Waals surface area contributed by atoms with E-state index in [-0.39, 0.29) is 24.9 Å². The van der Waals surface area contributed by atoms with Gasteiger partial charge in [0.2, 0.25) is 5.91 Å². The molecule has 0 saturated heterocycles. The van der Waals surface area contributed by atoms with E-state index in [2.05, 4.69) is 10.3 Å². The van der Waals surface area contributed by atoms with Gasteiger partial charge in [0.25, 0.3) is 5.56 Å². The summed E-state index contributed by atoms with van der Waals surface area (Å²) >= 11 is 0. The third-order valence-corrected chi connectivity index (χ3v) is 4.07. The molecule has 1 unspecified atom stereocenters. The van der Waals surface area contributed by atoms with Gasteiger partial charge in [-0.1, -0.05) is 6.92 Å². The summed E-state index contributed by atoms with van der Waals surface area (Å²) in [4.78, 5) is 39.3. The number of H-pyrrole nitrogens is 1. The molecule has 0 saturated carbocycles. The SMILES string of the molecule is CCC(C)NC(=O)CCn1c(=O)[nH]c2cc(OC)c(OC)cc2c1=O. The van der Waals surface area contributed by atoms with E-state index in [1.54, 1.807) is 0 Å². The number of methoxy groups -OCH3 is 2. The molecule has 8 heteroatoms. The fourth-order valence-corrected chi connectivity index (χ4v) is 2.45. The summed E-state index contributed by atoms with van der Waals surface area (Å²) in [6.45, 7) is 3.86. The number of carbonyl (C=O) groups is 1. The van der Waals surface area contributed by atoms with Crippen LogP contribution in [0.4, 0.5) is 0 Å². The van der Waals surface area contributed by atoms with Gasteiger partial charge in [-0.25, -0.2) is 4.79 Å². The molecule has 8 nitrogen and oxygen atoms in total. The maximum Gasteiger partial charge on any atom is 0.328 e. The van der Waals surface area contributed by atoms with Gasteiger partial charge < -0.3 is 19.8 Å². The Balaban J connectivity index is 2.37. The summed E-state index contributed by atoms with van der Waals surface area (Å²) < 4.78 is 11.4. The first kappa shape index (κ1) is 18.6. The highest BCUT2D eigenvalue weighted by Gasteiger charge is 2.14. The molecule has 1 aromatic carbocycles. The van der Waals surface area contributed by atoms with E-state index in [1.165, 1.54) is 26.4 Å². The smallest absolute Gasteiger partial charge is 0.328 e. The molecular weight excluding hydrogens is 326 g/mol. The number of ether oxygens (including phenoxy) is 2. The fraction of sp³-hybridized carbons (Fsp3) is 0.471. The minimum absolute atomic E-state index is 0.000713. The number of nitrogens with one attached hydrogen (secondary N) is 2. The first-order chi connectivity index (χ1) is 11.9. The Kier molecular flexibility index (Phi) is 5.84. The summed E-state index contributed by atoms with van der Waals surface area (Å²) in [5.74, 6) is 0.601. The van der Waals surface area contributed by atoms with Crippen molar-refractivity contribution in [3.05, 3.63) is 33.0 Å². The van der Waals surface area contributed by atoms with Gasteiger partial charge in [0.05, 0.1) is 25.1 Å². The zero-order chi connectivity index (χ0) is 18.6. The standard InChI is InChI=1S/C17H23N3O5/c1-5-10(2)18-15(21)6-7-20-16(22)11-8-13(24-3)14(25-4)9-12(11)19-17(20)23/h8-10H,5-7H2,1-4H3,(H,18,21)(H,19,23). The van der Waals surface area contributed by atoms with Gasteiger partial charge in [0.1, 0.15) is 0 Å². The molecule has 0 aliphatic heterocycles. The molecule has 0 fully saturated rings. The van der Waals surface area contributed by atoms with Crippen LogP contribution in [0.25, 0.3) is 10.9 Å². The summed E-state index contributed by atoms with van der Waals surface area (Å²) in [5.41, 5.74) is -0.690. The van der Waals surface area contributed by atoms with Crippen molar-refractivity contribution >= 4 is 16.8 Å². The Labute approximate surface area is 144 Å². The van der Waals surface area contributed by atoms with Gasteiger partial charge in [0, 0.05) is 25.1 Å². The molecule has 1 amide bonds. The first-order valence-electron chi connectivity index (χ1n) is 8.09. The zero-order valence-corrected chi connectivity index (χ0v) is 14.8. The van der Waals surface area contributed by atoms with Crippen LogP contribution in [0.1, 0.15) is 26.7 Å². The minimum atomic E-state index is -0.568. The number of rotatable bonds is 7. The molecule has 0 spiro atoms. The van der Waals surface area contributed by atoms with E-state index in [9.17, 15) is 14.4 Å². The van der Waals surface area contributed by atoms with Crippen LogP contribution < -0.4 is 26.0 Å². The normalized spacial score (nSPS) is 12.0. The number of fused-ring (bicyclic) bond motifs is 1. The third kappa shape index (κ3) is 4.01. The number of aromatic nitrogens is 2. The highest BCUT2D eigenvalue weighted by molar-refractivity contribution is 5.81. The number of hydrogen-bond donors (Lipinski definition) is 2. The van der Waals surface area contributed by atoms with Crippen LogP contribution in [0.5, 0.6) is 11.5 Å². The van der Waals surface area contributed by atoms with Gasteiger partial charge in [-0.2, -0.15) is 0 Å². The van der Waals surface area contributed by atoms with Crippen LogP contribution in [-0.4, -0.2) is 35.7 Å². The average Bonchev–Trinajstić information content (AvgIpc) is 2.60. The Morgan fingerprint density at radius 3 is 2.48 bits per heavy atom. The van der Waals surface area contributed by atoms with E-state index < -0.39 is 11.2 Å². The summed E-state index contributed by atoms with van der Waals surface area (Å²) in [5, 5.41) is 3.10. The molecule has 2 N–H and O–H groups in total. The maximum atomic E-state index is 12.6. The molecule has 0 bridgehead atoms. The highest BCUT2D eigenvalue weighted by Crippen LogP contribution is 2.29. The quantitative estimate of drug-likeness (QED) is 0.777. The number of carbonyl (C=O) groups excluding carboxylic acids is 1. The first-order valence-corrected chi connectivity index (χ1v) is 8.09. The molecule has 0 radical (unpaired) electrons. The highest BCUT2D eigenvalue weighted by atomic mass is 16.5. The largest absolute Gasteiger partial charge is 0.493 e. The van der Waals surface area contributed by atoms with E-state index in [1.807, 2.05) is 13.8 Å². The Morgan fingerprint density at radius 1 is 1.24 bits per heavy atom. The lowest BCUT2D eigenvalue weighted by atomic mass is 10.2. The maximum absolute atomic E-state index is 12.6. The van der Waals surface area contributed by atoms with Crippen LogP contribution in [0, 0.1) is 0 Å². The second-order valence-corrected chi connectivity index (χ2v) is 5.77. The van der Waals surface area contributed by atoms with E-state index in [0.717, 1.165) is 11.0 Å². The fourth-order valence-electron chi connectivity index (χ4n) is 2.45. The number of aromatic amines is 1. The van der Waals surface area contributed by atoms with Crippen molar-refractivity contribution in [2.75, 3.05) is 14.2 Å². The number of hydrogen-bond acceptors (Lipinski definition) is 5. The molecule has 25 heavy (non-hydrogen) atoms. The molecule has 0 aliphatic rings. The molecule has 0 aliphatic carbocycles. The second kappa shape index (κ2) is 7.87. The van der Waals surface area contributed by atoms with Crippen molar-refractivity contribution in [1.29, 1.82) is 0 Å². The van der Waals surface area contributed by atoms with Crippen LogP contribution >= 0.6 is 0 Å². The van der Waals surface area contributed by atoms with Gasteiger partial charge in [0.15, 0.2) is 11.5 Å². The number of nitrogens with zero attached hydrogens (tertiary/aromatic N) is 1. The predicted molar refractivity (Wildman–Crippen MR) is 94.4 cm³/mol. The second-order valence-electron chi connectivity index (χ2n) is 5.77. The molecule has 136 valence electrons. The number of benzene rings is 1. The van der Waals surface area contributed by atoms with Crippen LogP contribution in [0.2, 0.25) is 0 Å². The lowest BCUT2D eigenvalue weighted by molar-refractivity contribution is -0.121. The molecule has 2 aromatic rings. The molecular formula is C17H23N3O5. The number of amides is 1. The molecule has 1 atom stereocenters. The predicted octanol–water partition coefficient (Wildman–Crippen LogP) is 1.01. The van der Waals surface area contributed by atoms with E-state index in [4.69, 9.17) is 9.47 Å². The van der Waals surface area contributed by atoms with Gasteiger partial charge in [-0.15, -0.1) is 0 Å². The van der Waals surface area contributed by atoms with E-state index >= 15 is 0 Å². The van der Waals surface area contributed by atoms with Gasteiger partial charge in [-0.05, 0) is 19.4 Å².